The molecular formula is C23H27ClN2O4. The van der Waals surface area contributed by atoms with Crippen LogP contribution in [0, 0.1) is 20.8 Å². The molecule has 0 aliphatic carbocycles. The van der Waals surface area contributed by atoms with Crippen LogP contribution in [-0.4, -0.2) is 43.5 Å². The third kappa shape index (κ3) is 5.25. The van der Waals surface area contributed by atoms with Gasteiger partial charge in [0.25, 0.3) is 0 Å². The summed E-state index contributed by atoms with van der Waals surface area (Å²) in [4.78, 5) is 26.6. The van der Waals surface area contributed by atoms with E-state index >= 15 is 0 Å². The maximum Gasteiger partial charge on any atom is 0.243 e. The van der Waals surface area contributed by atoms with E-state index in [0.717, 1.165) is 28.8 Å². The maximum atomic E-state index is 12.7. The third-order valence-corrected chi connectivity index (χ3v) is 5.25. The molecule has 1 heterocycles. The molecule has 1 aliphatic rings. The van der Waals surface area contributed by atoms with Crippen molar-refractivity contribution in [2.75, 3.05) is 32.1 Å². The molecule has 0 radical (unpaired) electrons. The Morgan fingerprint density at radius 3 is 2.43 bits per heavy atom. The van der Waals surface area contributed by atoms with Gasteiger partial charge in [0.2, 0.25) is 11.8 Å². The van der Waals surface area contributed by atoms with Gasteiger partial charge < -0.3 is 19.7 Å². The lowest BCUT2D eigenvalue weighted by molar-refractivity contribution is -0.132. The molecule has 2 aromatic carbocycles. The van der Waals surface area contributed by atoms with Crippen LogP contribution in [0.3, 0.4) is 0 Å². The van der Waals surface area contributed by atoms with Crippen LogP contribution in [0.2, 0.25) is 5.02 Å². The summed E-state index contributed by atoms with van der Waals surface area (Å²) in [5.41, 5.74) is 4.64. The first kappa shape index (κ1) is 22.0. The molecule has 6 nitrogen and oxygen atoms in total. The summed E-state index contributed by atoms with van der Waals surface area (Å²) in [6, 6.07) is 7.52. The Kier molecular flexibility index (Phi) is 6.87. The monoisotopic (exact) mass is 430 g/mol. The number of halogens is 1. The zero-order valence-electron chi connectivity index (χ0n) is 17.8. The van der Waals surface area contributed by atoms with Crippen LogP contribution in [0.5, 0.6) is 11.5 Å². The molecule has 0 saturated heterocycles. The number of amides is 2. The number of benzene rings is 2. The first-order chi connectivity index (χ1) is 14.2. The number of nitrogens with zero attached hydrogens (tertiary/aromatic N) is 1. The number of hydrogen-bond donors (Lipinski definition) is 1. The molecule has 3 rings (SSSR count). The lowest BCUT2D eigenvalue weighted by Gasteiger charge is -2.19. The predicted molar refractivity (Wildman–Crippen MR) is 118 cm³/mol. The van der Waals surface area contributed by atoms with Crippen molar-refractivity contribution in [2.24, 2.45) is 0 Å². The number of aryl methyl sites for hydroxylation is 3. The average molecular weight is 431 g/mol. The summed E-state index contributed by atoms with van der Waals surface area (Å²) in [5.74, 6) is 0.640. The van der Waals surface area contributed by atoms with E-state index in [4.69, 9.17) is 21.1 Å². The molecule has 2 amide bonds. The summed E-state index contributed by atoms with van der Waals surface area (Å²) in [6.07, 6.45) is 0.889. The van der Waals surface area contributed by atoms with Crippen molar-refractivity contribution >= 4 is 29.1 Å². The normalized spacial score (nSPS) is 12.8. The average Bonchev–Trinajstić information content (AvgIpc) is 2.90. The van der Waals surface area contributed by atoms with Crippen molar-refractivity contribution in [1.82, 2.24) is 4.90 Å². The van der Waals surface area contributed by atoms with Gasteiger partial charge in [-0.3, -0.25) is 9.59 Å². The number of ether oxygens (including phenoxy) is 2. The number of anilines is 1. The SMILES string of the molecule is Cc1cc(C)c(NC(=O)CN(C)C(=O)Cc2cc(Cl)c3c(c2)OCCCO3)c(C)c1. The molecule has 0 atom stereocenters. The van der Waals surface area contributed by atoms with Crippen LogP contribution in [0.25, 0.3) is 0 Å². The molecule has 0 spiro atoms. The minimum absolute atomic E-state index is 0.0378. The first-order valence-corrected chi connectivity index (χ1v) is 10.3. The molecule has 2 aromatic rings. The van der Waals surface area contributed by atoms with E-state index in [1.807, 2.05) is 32.9 Å². The van der Waals surface area contributed by atoms with E-state index in [2.05, 4.69) is 5.32 Å². The molecule has 7 heteroatoms. The van der Waals surface area contributed by atoms with Crippen LogP contribution in [-0.2, 0) is 16.0 Å². The van der Waals surface area contributed by atoms with Gasteiger partial charge in [-0.15, -0.1) is 0 Å². The molecule has 0 fully saturated rings. The molecule has 1 N–H and O–H groups in total. The van der Waals surface area contributed by atoms with Gasteiger partial charge in [-0.1, -0.05) is 29.3 Å². The smallest absolute Gasteiger partial charge is 0.243 e. The quantitative estimate of drug-likeness (QED) is 0.776. The Hall–Kier alpha value is -2.73. The minimum Gasteiger partial charge on any atom is -0.489 e. The molecule has 160 valence electrons. The van der Waals surface area contributed by atoms with Crippen LogP contribution in [0.4, 0.5) is 5.69 Å². The first-order valence-electron chi connectivity index (χ1n) is 9.94. The van der Waals surface area contributed by atoms with Crippen LogP contribution in [0.15, 0.2) is 24.3 Å². The van der Waals surface area contributed by atoms with Crippen molar-refractivity contribution in [3.63, 3.8) is 0 Å². The summed E-state index contributed by atoms with van der Waals surface area (Å²) >= 11 is 6.30. The molecular weight excluding hydrogens is 404 g/mol. The van der Waals surface area contributed by atoms with E-state index in [1.54, 1.807) is 19.2 Å². The Labute approximate surface area is 182 Å². The molecule has 1 aliphatic heterocycles. The molecule has 0 unspecified atom stereocenters. The third-order valence-electron chi connectivity index (χ3n) is 4.97. The number of nitrogens with one attached hydrogen (secondary N) is 1. The Balaban J connectivity index is 1.63. The molecule has 0 bridgehead atoms. The lowest BCUT2D eigenvalue weighted by atomic mass is 10.1. The number of carbonyl (C=O) groups is 2. The standard InChI is InChI=1S/C23H27ClN2O4/c1-14-8-15(2)22(16(3)9-14)25-20(27)13-26(4)21(28)12-17-10-18(24)23-19(11-17)29-6-5-7-30-23/h8-11H,5-7,12-13H2,1-4H3,(H,25,27). The van der Waals surface area contributed by atoms with Crippen molar-refractivity contribution in [2.45, 2.75) is 33.6 Å². The van der Waals surface area contributed by atoms with E-state index in [1.165, 1.54) is 4.90 Å². The van der Waals surface area contributed by atoms with Crippen LogP contribution in [0.1, 0.15) is 28.7 Å². The van der Waals surface area contributed by atoms with Gasteiger partial charge in [0, 0.05) is 19.2 Å². The zero-order valence-corrected chi connectivity index (χ0v) is 18.6. The second kappa shape index (κ2) is 9.39. The minimum atomic E-state index is -0.238. The van der Waals surface area contributed by atoms with E-state index in [0.29, 0.717) is 35.3 Å². The predicted octanol–water partition coefficient (Wildman–Crippen LogP) is 4.07. The highest BCUT2D eigenvalue weighted by atomic mass is 35.5. The highest BCUT2D eigenvalue weighted by molar-refractivity contribution is 6.32. The summed E-state index contributed by atoms with van der Waals surface area (Å²) in [7, 11) is 1.61. The fraction of sp³-hybridized carbons (Fsp3) is 0.391. The van der Waals surface area contributed by atoms with Gasteiger partial charge in [-0.25, -0.2) is 0 Å². The van der Waals surface area contributed by atoms with E-state index in [9.17, 15) is 9.59 Å². The van der Waals surface area contributed by atoms with Crippen LogP contribution >= 0.6 is 11.6 Å². The molecule has 30 heavy (non-hydrogen) atoms. The largest absolute Gasteiger partial charge is 0.489 e. The summed E-state index contributed by atoms with van der Waals surface area (Å²) in [5, 5.41) is 3.34. The van der Waals surface area contributed by atoms with Gasteiger partial charge in [-0.2, -0.15) is 0 Å². The second-order valence-electron chi connectivity index (χ2n) is 7.70. The molecule has 0 saturated carbocycles. The fourth-order valence-electron chi connectivity index (χ4n) is 3.56. The van der Waals surface area contributed by atoms with Gasteiger partial charge >= 0.3 is 0 Å². The Morgan fingerprint density at radius 2 is 1.73 bits per heavy atom. The maximum absolute atomic E-state index is 12.7. The summed E-state index contributed by atoms with van der Waals surface area (Å²) in [6.45, 7) is 6.98. The van der Waals surface area contributed by atoms with E-state index < -0.39 is 0 Å². The Morgan fingerprint density at radius 1 is 1.07 bits per heavy atom. The van der Waals surface area contributed by atoms with Crippen molar-refractivity contribution < 1.29 is 19.1 Å². The van der Waals surface area contributed by atoms with Crippen LogP contribution < -0.4 is 14.8 Å². The molecule has 0 aromatic heterocycles. The topological polar surface area (TPSA) is 67.9 Å². The number of carbonyl (C=O) groups excluding carboxylic acids is 2. The van der Waals surface area contributed by atoms with Gasteiger partial charge in [0.15, 0.2) is 11.5 Å². The van der Waals surface area contributed by atoms with Crippen molar-refractivity contribution in [3.05, 3.63) is 51.5 Å². The highest BCUT2D eigenvalue weighted by Gasteiger charge is 2.19. The Bertz CT molecular complexity index is 951. The van der Waals surface area contributed by atoms with Gasteiger partial charge in [-0.05, 0) is 49.6 Å². The zero-order chi connectivity index (χ0) is 21.8. The van der Waals surface area contributed by atoms with Crippen molar-refractivity contribution in [1.29, 1.82) is 0 Å². The fourth-order valence-corrected chi connectivity index (χ4v) is 3.84. The van der Waals surface area contributed by atoms with E-state index in [-0.39, 0.29) is 24.8 Å². The second-order valence-corrected chi connectivity index (χ2v) is 8.11. The summed E-state index contributed by atoms with van der Waals surface area (Å²) < 4.78 is 11.3. The lowest BCUT2D eigenvalue weighted by Crippen LogP contribution is -2.36. The number of rotatable bonds is 5. The highest BCUT2D eigenvalue weighted by Crippen LogP contribution is 2.38. The van der Waals surface area contributed by atoms with Crippen molar-refractivity contribution in [3.8, 4) is 11.5 Å². The number of likely N-dealkylation sites (N-methyl/N-ethyl adjacent to an activating group) is 1. The van der Waals surface area contributed by atoms with Gasteiger partial charge in [0.1, 0.15) is 0 Å². The number of fused-ring (bicyclic) bond motifs is 1. The van der Waals surface area contributed by atoms with Gasteiger partial charge in [0.05, 0.1) is 31.2 Å². The number of hydrogen-bond acceptors (Lipinski definition) is 4.